The van der Waals surface area contributed by atoms with Gasteiger partial charge in [0.1, 0.15) is 46.1 Å². The second-order valence-electron chi connectivity index (χ2n) is 6.20. The number of rotatable bonds is 5. The summed E-state index contributed by atoms with van der Waals surface area (Å²) in [4.78, 5) is 0. The van der Waals surface area contributed by atoms with Gasteiger partial charge in [0.2, 0.25) is 0 Å². The molecule has 0 atom stereocenters. The van der Waals surface area contributed by atoms with Crippen LogP contribution in [-0.4, -0.2) is 6.36 Å². The lowest BCUT2D eigenvalue weighted by Gasteiger charge is -2.20. The predicted octanol–water partition coefficient (Wildman–Crippen LogP) is 7.08. The van der Waals surface area contributed by atoms with Crippen molar-refractivity contribution < 1.29 is 53.4 Å². The van der Waals surface area contributed by atoms with E-state index in [1.165, 1.54) is 0 Å². The first-order chi connectivity index (χ1) is 14.8. The molecule has 0 fully saturated rings. The highest BCUT2D eigenvalue weighted by molar-refractivity contribution is 5.65. The van der Waals surface area contributed by atoms with Gasteiger partial charge in [-0.1, -0.05) is 0 Å². The van der Waals surface area contributed by atoms with Crippen molar-refractivity contribution in [2.24, 2.45) is 0 Å². The first kappa shape index (κ1) is 23.2. The van der Waals surface area contributed by atoms with Crippen LogP contribution in [-0.2, 0) is 6.11 Å². The van der Waals surface area contributed by atoms with E-state index in [0.717, 1.165) is 0 Å². The molecule has 3 aromatic rings. The van der Waals surface area contributed by atoms with E-state index < -0.39 is 69.7 Å². The minimum absolute atomic E-state index is 0.190. The fraction of sp³-hybridized carbons (Fsp3) is 0.100. The molecule has 0 aromatic heterocycles. The van der Waals surface area contributed by atoms with Gasteiger partial charge in [0.15, 0.2) is 0 Å². The van der Waals surface area contributed by atoms with Crippen molar-refractivity contribution in [2.45, 2.75) is 12.5 Å². The van der Waals surface area contributed by atoms with Crippen molar-refractivity contribution in [3.05, 3.63) is 83.2 Å². The summed E-state index contributed by atoms with van der Waals surface area (Å²) in [5, 5.41) is 0. The second kappa shape index (κ2) is 8.24. The Kier molecular flexibility index (Phi) is 5.98. The molecule has 0 aliphatic heterocycles. The maximum atomic E-state index is 14.4. The maximum Gasteiger partial charge on any atom is 0.573 e. The SMILES string of the molecule is Fc1cc(F)c(-c2cc(F)c(C(F)(F)Oc3ccc(OC(F)(F)F)cc3)c(F)c2)c(F)c1. The quantitative estimate of drug-likeness (QED) is 0.371. The fourth-order valence-corrected chi connectivity index (χ4v) is 2.72. The Hall–Kier alpha value is -3.44. The predicted molar refractivity (Wildman–Crippen MR) is 89.3 cm³/mol. The summed E-state index contributed by atoms with van der Waals surface area (Å²) in [6.45, 7) is 0. The van der Waals surface area contributed by atoms with Crippen LogP contribution >= 0.6 is 0 Å². The molecule has 0 saturated heterocycles. The van der Waals surface area contributed by atoms with Gasteiger partial charge in [-0.15, -0.1) is 13.2 Å². The van der Waals surface area contributed by atoms with Gasteiger partial charge in [0.25, 0.3) is 0 Å². The van der Waals surface area contributed by atoms with E-state index in [-0.39, 0.29) is 24.3 Å². The molecular formula is C20H8F10O2. The number of benzene rings is 3. The molecule has 3 aromatic carbocycles. The molecule has 3 rings (SSSR count). The number of hydrogen-bond donors (Lipinski definition) is 0. The Labute approximate surface area is 172 Å². The summed E-state index contributed by atoms with van der Waals surface area (Å²) in [6.07, 6.45) is -9.72. The van der Waals surface area contributed by atoms with Gasteiger partial charge >= 0.3 is 12.5 Å². The van der Waals surface area contributed by atoms with Crippen LogP contribution < -0.4 is 9.47 Å². The van der Waals surface area contributed by atoms with Crippen molar-refractivity contribution >= 4 is 0 Å². The third-order valence-electron chi connectivity index (χ3n) is 3.93. The highest BCUT2D eigenvalue weighted by Gasteiger charge is 2.41. The topological polar surface area (TPSA) is 18.5 Å². The molecule has 0 unspecified atom stereocenters. The van der Waals surface area contributed by atoms with Gasteiger partial charge in [0.05, 0.1) is 5.56 Å². The molecule has 0 radical (unpaired) electrons. The summed E-state index contributed by atoms with van der Waals surface area (Å²) in [5.74, 6) is -9.82. The van der Waals surface area contributed by atoms with Gasteiger partial charge in [-0.2, -0.15) is 8.78 Å². The van der Waals surface area contributed by atoms with E-state index >= 15 is 0 Å². The number of alkyl halides is 5. The van der Waals surface area contributed by atoms with Crippen molar-refractivity contribution in [3.63, 3.8) is 0 Å². The van der Waals surface area contributed by atoms with Crippen LogP contribution in [0.25, 0.3) is 11.1 Å². The standard InChI is InChI=1S/C20H8F10O2/c21-10-7-13(22)17(14(23)8-10)9-5-15(24)18(16(25)6-9)19(26,27)31-11-1-3-12(4-2-11)32-20(28,29)30/h1-8H. The Morgan fingerprint density at radius 3 is 1.44 bits per heavy atom. The monoisotopic (exact) mass is 470 g/mol. The van der Waals surface area contributed by atoms with Crippen molar-refractivity contribution in [1.82, 2.24) is 0 Å². The smallest absolute Gasteiger partial charge is 0.429 e. The van der Waals surface area contributed by atoms with E-state index in [4.69, 9.17) is 0 Å². The second-order valence-corrected chi connectivity index (χ2v) is 6.20. The maximum absolute atomic E-state index is 14.4. The van der Waals surface area contributed by atoms with Crippen molar-refractivity contribution in [2.75, 3.05) is 0 Å². The molecule has 170 valence electrons. The highest BCUT2D eigenvalue weighted by atomic mass is 19.4. The van der Waals surface area contributed by atoms with Crippen LogP contribution in [0, 0.1) is 29.1 Å². The molecule has 0 heterocycles. The summed E-state index contributed by atoms with van der Waals surface area (Å²) < 4.78 is 142. The highest BCUT2D eigenvalue weighted by Crippen LogP contribution is 2.38. The molecular weight excluding hydrogens is 462 g/mol. The molecule has 0 amide bonds. The van der Waals surface area contributed by atoms with Gasteiger partial charge in [-0.3, -0.25) is 0 Å². The number of halogens is 10. The molecule has 12 heteroatoms. The van der Waals surface area contributed by atoms with Crippen molar-refractivity contribution in [3.8, 4) is 22.6 Å². The largest absolute Gasteiger partial charge is 0.573 e. The Morgan fingerprint density at radius 1 is 0.562 bits per heavy atom. The molecule has 0 aliphatic carbocycles. The Bertz CT molecular complexity index is 1090. The summed E-state index contributed by atoms with van der Waals surface area (Å²) >= 11 is 0. The van der Waals surface area contributed by atoms with E-state index in [9.17, 15) is 43.9 Å². The Morgan fingerprint density at radius 2 is 1.00 bits per heavy atom. The normalized spacial score (nSPS) is 12.1. The minimum atomic E-state index is -5.04. The molecule has 2 nitrogen and oxygen atoms in total. The lowest BCUT2D eigenvalue weighted by atomic mass is 10.0. The zero-order valence-corrected chi connectivity index (χ0v) is 15.2. The molecule has 0 saturated carbocycles. The fourth-order valence-electron chi connectivity index (χ4n) is 2.72. The zero-order chi connectivity index (χ0) is 23.8. The van der Waals surface area contributed by atoms with Gasteiger partial charge < -0.3 is 9.47 Å². The zero-order valence-electron chi connectivity index (χ0n) is 15.2. The van der Waals surface area contributed by atoms with Crippen molar-refractivity contribution in [1.29, 1.82) is 0 Å². The van der Waals surface area contributed by atoms with Gasteiger partial charge in [-0.05, 0) is 42.0 Å². The molecule has 0 bridgehead atoms. The van der Waals surface area contributed by atoms with Gasteiger partial charge in [0, 0.05) is 12.1 Å². The van der Waals surface area contributed by atoms with E-state index in [2.05, 4.69) is 9.47 Å². The lowest BCUT2D eigenvalue weighted by Crippen LogP contribution is -2.25. The first-order valence-corrected chi connectivity index (χ1v) is 8.34. The van der Waals surface area contributed by atoms with E-state index in [1.54, 1.807) is 0 Å². The summed E-state index contributed by atoms with van der Waals surface area (Å²) in [5.41, 5.74) is -3.82. The van der Waals surface area contributed by atoms with Gasteiger partial charge in [-0.25, -0.2) is 22.0 Å². The van der Waals surface area contributed by atoms with Crippen LogP contribution in [0.1, 0.15) is 5.56 Å². The average Bonchev–Trinajstić information content (AvgIpc) is 2.60. The minimum Gasteiger partial charge on any atom is -0.429 e. The van der Waals surface area contributed by atoms with E-state index in [0.29, 0.717) is 24.3 Å². The number of ether oxygens (including phenoxy) is 2. The Balaban J connectivity index is 1.92. The van der Waals surface area contributed by atoms with Crippen LogP contribution in [0.15, 0.2) is 48.5 Å². The van der Waals surface area contributed by atoms with E-state index in [1.807, 2.05) is 0 Å². The van der Waals surface area contributed by atoms with Crippen LogP contribution in [0.5, 0.6) is 11.5 Å². The van der Waals surface area contributed by atoms with Crippen LogP contribution in [0.4, 0.5) is 43.9 Å². The summed E-state index contributed by atoms with van der Waals surface area (Å²) in [7, 11) is 0. The summed E-state index contributed by atoms with van der Waals surface area (Å²) in [6, 6.07) is 3.33. The third kappa shape index (κ3) is 5.06. The van der Waals surface area contributed by atoms with Crippen LogP contribution in [0.2, 0.25) is 0 Å². The third-order valence-corrected chi connectivity index (χ3v) is 3.93. The number of hydrogen-bond acceptors (Lipinski definition) is 2. The first-order valence-electron chi connectivity index (χ1n) is 8.34. The lowest BCUT2D eigenvalue weighted by molar-refractivity contribution is -0.274. The molecule has 0 spiro atoms. The molecule has 0 aliphatic rings. The van der Waals surface area contributed by atoms with Crippen LogP contribution in [0.3, 0.4) is 0 Å². The average molecular weight is 470 g/mol. The molecule has 0 N–H and O–H groups in total. The molecule has 32 heavy (non-hydrogen) atoms.